The number of carbonyl (C=O) groups excluding carboxylic acids is 2. The van der Waals surface area contributed by atoms with Gasteiger partial charge in [0.2, 0.25) is 0 Å². The highest BCUT2D eigenvalue weighted by molar-refractivity contribution is 7.91. The van der Waals surface area contributed by atoms with Crippen LogP contribution in [0.15, 0.2) is 6.20 Å². The summed E-state index contributed by atoms with van der Waals surface area (Å²) >= 11 is 17.4. The first kappa shape index (κ1) is 19.2. The van der Waals surface area contributed by atoms with E-state index in [-0.39, 0.29) is 32.3 Å². The van der Waals surface area contributed by atoms with Crippen molar-refractivity contribution >= 4 is 56.5 Å². The molecule has 2 heterocycles. The average molecular weight is 416 g/mol. The summed E-state index contributed by atoms with van der Waals surface area (Å²) in [5.74, 6) is -1.72. The van der Waals surface area contributed by atoms with E-state index in [1.54, 1.807) is 6.92 Å². The molecule has 132 valence electrons. The Labute approximate surface area is 153 Å². The van der Waals surface area contributed by atoms with Gasteiger partial charge >= 0.3 is 5.97 Å². The molecule has 1 aromatic rings. The second-order valence-electron chi connectivity index (χ2n) is 5.61. The molecule has 1 fully saturated rings. The van der Waals surface area contributed by atoms with Crippen LogP contribution in [0.4, 0.5) is 0 Å². The summed E-state index contributed by atoms with van der Waals surface area (Å²) in [7, 11) is -3.17. The van der Waals surface area contributed by atoms with Gasteiger partial charge in [-0.3, -0.25) is 4.79 Å². The molecule has 0 aliphatic carbocycles. The Hall–Kier alpha value is -1.09. The molecule has 2 rings (SSSR count). The number of aromatic nitrogens is 1. The Bertz CT molecular complexity index is 799. The first-order chi connectivity index (χ1) is 11.0. The third kappa shape index (κ3) is 4.50. The summed E-state index contributed by atoms with van der Waals surface area (Å²) in [6.07, 6.45) is 1.44. The van der Waals surface area contributed by atoms with Crippen LogP contribution in [0.2, 0.25) is 15.1 Å². The summed E-state index contributed by atoms with van der Waals surface area (Å²) < 4.78 is 27.8. The summed E-state index contributed by atoms with van der Waals surface area (Å²) in [6, 6.07) is 0. The lowest BCUT2D eigenvalue weighted by molar-refractivity contribution is -0.125. The van der Waals surface area contributed by atoms with E-state index in [9.17, 15) is 18.0 Å². The van der Waals surface area contributed by atoms with E-state index in [0.717, 1.165) is 6.20 Å². The van der Waals surface area contributed by atoms with Crippen molar-refractivity contribution in [3.63, 3.8) is 0 Å². The SMILES string of the molecule is CC1(NC(=O)COC(=O)c2ncc(Cl)c(Cl)c2Cl)CCS(=O)(=O)C1. The number of rotatable bonds is 4. The zero-order valence-corrected chi connectivity index (χ0v) is 15.5. The van der Waals surface area contributed by atoms with Crippen LogP contribution in [-0.4, -0.2) is 48.9 Å². The van der Waals surface area contributed by atoms with Crippen molar-refractivity contribution < 1.29 is 22.7 Å². The smallest absolute Gasteiger partial charge is 0.359 e. The molecule has 0 spiro atoms. The predicted molar refractivity (Wildman–Crippen MR) is 89.4 cm³/mol. The molecule has 1 atom stereocenters. The Kier molecular flexibility index (Phi) is 5.64. The van der Waals surface area contributed by atoms with Gasteiger partial charge in [0.1, 0.15) is 0 Å². The number of pyridine rings is 1. The van der Waals surface area contributed by atoms with Crippen molar-refractivity contribution in [3.05, 3.63) is 27.0 Å². The normalized spacial score (nSPS) is 22.2. The van der Waals surface area contributed by atoms with Crippen LogP contribution >= 0.6 is 34.8 Å². The molecule has 1 amide bonds. The third-order valence-electron chi connectivity index (χ3n) is 3.39. The molecule has 7 nitrogen and oxygen atoms in total. The highest BCUT2D eigenvalue weighted by Crippen LogP contribution is 2.31. The minimum absolute atomic E-state index is 0.00632. The number of carbonyl (C=O) groups is 2. The van der Waals surface area contributed by atoms with Gasteiger partial charge in [0.05, 0.1) is 32.1 Å². The predicted octanol–water partition coefficient (Wildman–Crippen LogP) is 1.89. The average Bonchev–Trinajstić information content (AvgIpc) is 2.75. The maximum absolute atomic E-state index is 11.9. The number of halogens is 3. The largest absolute Gasteiger partial charge is 0.451 e. The van der Waals surface area contributed by atoms with Crippen LogP contribution in [0.25, 0.3) is 0 Å². The summed E-state index contributed by atoms with van der Waals surface area (Å²) in [5, 5.41) is 2.41. The van der Waals surface area contributed by atoms with Gasteiger partial charge < -0.3 is 10.1 Å². The molecule has 1 saturated heterocycles. The van der Waals surface area contributed by atoms with Gasteiger partial charge in [-0.2, -0.15) is 0 Å². The van der Waals surface area contributed by atoms with Gasteiger partial charge in [0.25, 0.3) is 5.91 Å². The number of esters is 1. The summed E-state index contributed by atoms with van der Waals surface area (Å²) in [4.78, 5) is 27.5. The number of nitrogens with one attached hydrogen (secondary N) is 1. The Morgan fingerprint density at radius 2 is 2.00 bits per heavy atom. The van der Waals surface area contributed by atoms with E-state index in [1.807, 2.05) is 0 Å². The Morgan fingerprint density at radius 3 is 2.58 bits per heavy atom. The zero-order chi connectivity index (χ0) is 18.1. The molecule has 0 aromatic carbocycles. The van der Waals surface area contributed by atoms with Gasteiger partial charge in [-0.05, 0) is 13.3 Å². The molecule has 0 bridgehead atoms. The summed E-state index contributed by atoms with van der Waals surface area (Å²) in [5.41, 5.74) is -1.14. The van der Waals surface area contributed by atoms with Crippen molar-refractivity contribution in [3.8, 4) is 0 Å². The first-order valence-electron chi connectivity index (χ1n) is 6.71. The highest BCUT2D eigenvalue weighted by Gasteiger charge is 2.39. The second-order valence-corrected chi connectivity index (χ2v) is 8.96. The van der Waals surface area contributed by atoms with E-state index in [4.69, 9.17) is 39.5 Å². The Morgan fingerprint density at radius 1 is 1.33 bits per heavy atom. The summed E-state index contributed by atoms with van der Waals surface area (Å²) in [6.45, 7) is 1.02. The van der Waals surface area contributed by atoms with E-state index < -0.39 is 33.9 Å². The van der Waals surface area contributed by atoms with E-state index in [0.29, 0.717) is 6.42 Å². The topological polar surface area (TPSA) is 102 Å². The lowest BCUT2D eigenvalue weighted by Gasteiger charge is -2.23. The first-order valence-corrected chi connectivity index (χ1v) is 9.67. The van der Waals surface area contributed by atoms with Crippen LogP contribution in [0.1, 0.15) is 23.8 Å². The molecule has 1 N–H and O–H groups in total. The molecular formula is C13H13Cl3N2O5S. The number of hydrogen-bond donors (Lipinski definition) is 1. The quantitative estimate of drug-likeness (QED) is 0.753. The van der Waals surface area contributed by atoms with Crippen LogP contribution in [-0.2, 0) is 19.4 Å². The van der Waals surface area contributed by atoms with Crippen LogP contribution < -0.4 is 5.32 Å². The van der Waals surface area contributed by atoms with Crippen molar-refractivity contribution in [2.45, 2.75) is 18.9 Å². The number of nitrogens with zero attached hydrogens (tertiary/aromatic N) is 1. The lowest BCUT2D eigenvalue weighted by atomic mass is 10.0. The maximum Gasteiger partial charge on any atom is 0.359 e. The lowest BCUT2D eigenvalue weighted by Crippen LogP contribution is -2.48. The van der Waals surface area contributed by atoms with Gasteiger partial charge in [-0.1, -0.05) is 34.8 Å². The van der Waals surface area contributed by atoms with E-state index in [1.165, 1.54) is 0 Å². The fourth-order valence-corrected chi connectivity index (χ4v) is 4.92. The van der Waals surface area contributed by atoms with Crippen molar-refractivity contribution in [1.82, 2.24) is 10.3 Å². The fraction of sp³-hybridized carbons (Fsp3) is 0.462. The monoisotopic (exact) mass is 414 g/mol. The van der Waals surface area contributed by atoms with Gasteiger partial charge in [0.15, 0.2) is 22.1 Å². The van der Waals surface area contributed by atoms with Gasteiger partial charge in [0, 0.05) is 6.20 Å². The standard InChI is InChI=1S/C13H13Cl3N2O5S/c1-13(2-3-24(21,22)6-13)18-8(19)5-23-12(20)11-10(16)9(15)7(14)4-17-11/h4H,2-3,5-6H2,1H3,(H,18,19). The van der Waals surface area contributed by atoms with E-state index in [2.05, 4.69) is 10.3 Å². The molecule has 1 aromatic heterocycles. The van der Waals surface area contributed by atoms with Gasteiger partial charge in [-0.15, -0.1) is 0 Å². The van der Waals surface area contributed by atoms with Crippen molar-refractivity contribution in [1.29, 1.82) is 0 Å². The van der Waals surface area contributed by atoms with Crippen molar-refractivity contribution in [2.24, 2.45) is 0 Å². The van der Waals surface area contributed by atoms with Crippen LogP contribution in [0.3, 0.4) is 0 Å². The molecule has 24 heavy (non-hydrogen) atoms. The molecule has 1 unspecified atom stereocenters. The van der Waals surface area contributed by atoms with E-state index >= 15 is 0 Å². The number of sulfone groups is 1. The van der Waals surface area contributed by atoms with Crippen LogP contribution in [0, 0.1) is 0 Å². The Balaban J connectivity index is 1.95. The number of hydrogen-bond acceptors (Lipinski definition) is 6. The number of amides is 1. The van der Waals surface area contributed by atoms with Gasteiger partial charge in [-0.25, -0.2) is 18.2 Å². The highest BCUT2D eigenvalue weighted by atomic mass is 35.5. The minimum atomic E-state index is -3.17. The molecule has 0 radical (unpaired) electrons. The van der Waals surface area contributed by atoms with Crippen LogP contribution in [0.5, 0.6) is 0 Å². The molecular weight excluding hydrogens is 403 g/mol. The molecule has 0 saturated carbocycles. The van der Waals surface area contributed by atoms with Crippen molar-refractivity contribution in [2.75, 3.05) is 18.1 Å². The third-order valence-corrected chi connectivity index (χ3v) is 6.53. The minimum Gasteiger partial charge on any atom is -0.451 e. The molecule has 1 aliphatic heterocycles. The molecule has 1 aliphatic rings. The molecule has 11 heteroatoms. The fourth-order valence-electron chi connectivity index (χ4n) is 2.27. The zero-order valence-electron chi connectivity index (χ0n) is 12.4. The second kappa shape index (κ2) is 7.03. The maximum atomic E-state index is 11.9. The number of ether oxygens (including phenoxy) is 1.